The van der Waals surface area contributed by atoms with Gasteiger partial charge in [0.15, 0.2) is 18.1 Å². The molecule has 0 aliphatic rings. The number of ether oxygens (including phenoxy) is 2. The molecule has 0 spiro atoms. The van der Waals surface area contributed by atoms with Gasteiger partial charge >= 0.3 is 5.97 Å². The zero-order valence-corrected chi connectivity index (χ0v) is 21.8. The topological polar surface area (TPSA) is 103 Å². The minimum absolute atomic E-state index is 0.252. The highest BCUT2D eigenvalue weighted by molar-refractivity contribution is 9.13. The van der Waals surface area contributed by atoms with Gasteiger partial charge in [0.1, 0.15) is 5.82 Å². The van der Waals surface area contributed by atoms with E-state index in [2.05, 4.69) is 57.9 Å². The summed E-state index contributed by atoms with van der Waals surface area (Å²) in [6.07, 6.45) is 2.01. The highest BCUT2D eigenvalue weighted by Crippen LogP contribution is 2.42. The van der Waals surface area contributed by atoms with Gasteiger partial charge in [0.05, 0.1) is 28.2 Å². The zero-order chi connectivity index (χ0) is 23.4. The molecule has 11 heteroatoms. The monoisotopic (exact) mass is 629 g/mol. The first kappa shape index (κ1) is 24.4. The molecular formula is C21H18Br3N3O5. The molecule has 0 aliphatic carbocycles. The summed E-state index contributed by atoms with van der Waals surface area (Å²) < 4.78 is 14.1. The summed E-state index contributed by atoms with van der Waals surface area (Å²) in [5.41, 5.74) is 0.904. The number of aromatic nitrogens is 2. The van der Waals surface area contributed by atoms with E-state index in [0.717, 1.165) is 4.47 Å². The molecular weight excluding hydrogens is 614 g/mol. The molecule has 1 aromatic heterocycles. The van der Waals surface area contributed by atoms with Gasteiger partial charge in [-0.15, -0.1) is 0 Å². The molecule has 1 N–H and O–H groups in total. The maximum Gasteiger partial charge on any atom is 0.341 e. The third-order valence-corrected chi connectivity index (χ3v) is 6.94. The van der Waals surface area contributed by atoms with Crippen LogP contribution in [0, 0.1) is 0 Å². The predicted molar refractivity (Wildman–Crippen MR) is 132 cm³/mol. The molecule has 3 rings (SSSR count). The van der Waals surface area contributed by atoms with E-state index in [1.54, 1.807) is 25.1 Å². The normalized spacial score (nSPS) is 11.3. The van der Waals surface area contributed by atoms with E-state index in [0.29, 0.717) is 50.0 Å². The van der Waals surface area contributed by atoms with Crippen LogP contribution in [0.25, 0.3) is 10.9 Å². The van der Waals surface area contributed by atoms with Crippen LogP contribution in [0.3, 0.4) is 0 Å². The number of rotatable bonds is 8. The maximum absolute atomic E-state index is 13.1. The molecule has 0 atom stereocenters. The summed E-state index contributed by atoms with van der Waals surface area (Å²) in [6.45, 7) is 3.52. The molecule has 0 saturated heterocycles. The van der Waals surface area contributed by atoms with E-state index in [4.69, 9.17) is 14.6 Å². The highest BCUT2D eigenvalue weighted by atomic mass is 79.9. The van der Waals surface area contributed by atoms with Crippen LogP contribution in [-0.2, 0) is 11.2 Å². The maximum atomic E-state index is 13.1. The summed E-state index contributed by atoms with van der Waals surface area (Å²) in [5, 5.41) is 13.8. The molecule has 0 fully saturated rings. The SMILES string of the molecule is CCOc1cc(C=Nn2c(CC)nc3ccc(Br)cc3c2=O)c(Br)c(Br)c1OCC(=O)O. The minimum Gasteiger partial charge on any atom is -0.490 e. The lowest BCUT2D eigenvalue weighted by Crippen LogP contribution is -2.22. The van der Waals surface area contributed by atoms with Crippen LogP contribution >= 0.6 is 47.8 Å². The van der Waals surface area contributed by atoms with Crippen molar-refractivity contribution in [1.82, 2.24) is 9.66 Å². The highest BCUT2D eigenvalue weighted by Gasteiger charge is 2.18. The quantitative estimate of drug-likeness (QED) is 0.352. The molecule has 0 saturated carbocycles. The van der Waals surface area contributed by atoms with Crippen molar-refractivity contribution in [2.24, 2.45) is 5.10 Å². The Bertz CT molecular complexity index is 1270. The van der Waals surface area contributed by atoms with Crippen LogP contribution in [0.1, 0.15) is 25.2 Å². The van der Waals surface area contributed by atoms with E-state index in [-0.39, 0.29) is 11.3 Å². The van der Waals surface area contributed by atoms with Crippen molar-refractivity contribution in [3.63, 3.8) is 0 Å². The Labute approximate surface area is 208 Å². The van der Waals surface area contributed by atoms with Crippen LogP contribution in [0.2, 0.25) is 0 Å². The standard InChI is InChI=1S/C21H18Br3N3O5/c1-3-16-26-14-6-5-12(22)8-13(14)21(30)27(16)25-9-11-7-15(31-4-2)20(19(24)18(11)23)32-10-17(28)29/h5-9H,3-4,10H2,1-2H3,(H,28,29). The first-order valence-corrected chi connectivity index (χ1v) is 11.9. The number of hydrogen-bond acceptors (Lipinski definition) is 6. The van der Waals surface area contributed by atoms with E-state index in [9.17, 15) is 9.59 Å². The lowest BCUT2D eigenvalue weighted by molar-refractivity contribution is -0.139. The Hall–Kier alpha value is -2.24. The fraction of sp³-hybridized carbons (Fsp3) is 0.238. The average molecular weight is 632 g/mol. The summed E-state index contributed by atoms with van der Waals surface area (Å²) in [7, 11) is 0. The molecule has 0 unspecified atom stereocenters. The van der Waals surface area contributed by atoms with E-state index >= 15 is 0 Å². The molecule has 0 amide bonds. The summed E-state index contributed by atoms with van der Waals surface area (Å²) in [5.74, 6) is 0.00143. The second-order valence-electron chi connectivity index (χ2n) is 6.44. The van der Waals surface area contributed by atoms with Gasteiger partial charge in [-0.05, 0) is 63.0 Å². The van der Waals surface area contributed by atoms with E-state index < -0.39 is 12.6 Å². The second-order valence-corrected chi connectivity index (χ2v) is 8.94. The van der Waals surface area contributed by atoms with Gasteiger partial charge in [0.25, 0.3) is 5.56 Å². The van der Waals surface area contributed by atoms with Crippen molar-refractivity contribution >= 4 is 70.9 Å². The van der Waals surface area contributed by atoms with Crippen molar-refractivity contribution in [3.8, 4) is 11.5 Å². The number of carboxylic acid groups (broad SMARTS) is 1. The third-order valence-electron chi connectivity index (χ3n) is 4.30. The fourth-order valence-electron chi connectivity index (χ4n) is 2.89. The first-order valence-electron chi connectivity index (χ1n) is 9.51. The lowest BCUT2D eigenvalue weighted by Gasteiger charge is -2.15. The molecule has 0 aliphatic heterocycles. The summed E-state index contributed by atoms with van der Waals surface area (Å²) in [4.78, 5) is 28.5. The molecule has 0 bridgehead atoms. The average Bonchev–Trinajstić information content (AvgIpc) is 2.76. The van der Waals surface area contributed by atoms with Crippen molar-refractivity contribution in [2.75, 3.05) is 13.2 Å². The van der Waals surface area contributed by atoms with Crippen molar-refractivity contribution < 1.29 is 19.4 Å². The molecule has 3 aromatic rings. The van der Waals surface area contributed by atoms with Crippen molar-refractivity contribution in [3.05, 3.63) is 59.4 Å². The molecule has 0 radical (unpaired) electrons. The van der Waals surface area contributed by atoms with Crippen LogP contribution in [-0.4, -0.2) is 40.2 Å². The first-order chi connectivity index (χ1) is 15.3. The summed E-state index contributed by atoms with van der Waals surface area (Å²) >= 11 is 10.3. The Morgan fingerprint density at radius 3 is 2.59 bits per heavy atom. The van der Waals surface area contributed by atoms with Crippen LogP contribution < -0.4 is 15.0 Å². The van der Waals surface area contributed by atoms with Gasteiger partial charge < -0.3 is 14.6 Å². The lowest BCUT2D eigenvalue weighted by atomic mass is 10.2. The minimum atomic E-state index is -1.11. The van der Waals surface area contributed by atoms with Gasteiger partial charge in [-0.3, -0.25) is 4.79 Å². The number of hydrogen-bond donors (Lipinski definition) is 1. The molecule has 1 heterocycles. The smallest absolute Gasteiger partial charge is 0.341 e. The van der Waals surface area contributed by atoms with Gasteiger partial charge in [-0.25, -0.2) is 9.78 Å². The fourth-order valence-corrected chi connectivity index (χ4v) is 4.19. The third kappa shape index (κ3) is 5.21. The van der Waals surface area contributed by atoms with Crippen molar-refractivity contribution in [2.45, 2.75) is 20.3 Å². The number of halogens is 3. The van der Waals surface area contributed by atoms with E-state index in [1.807, 2.05) is 13.0 Å². The number of carbonyl (C=O) groups is 1. The van der Waals surface area contributed by atoms with Crippen LogP contribution in [0.5, 0.6) is 11.5 Å². The zero-order valence-electron chi connectivity index (χ0n) is 17.1. The second kappa shape index (κ2) is 10.6. The molecule has 32 heavy (non-hydrogen) atoms. The number of aliphatic carboxylic acids is 1. The van der Waals surface area contributed by atoms with E-state index in [1.165, 1.54) is 10.9 Å². The van der Waals surface area contributed by atoms with Crippen LogP contribution in [0.4, 0.5) is 0 Å². The van der Waals surface area contributed by atoms with Crippen LogP contribution in [0.15, 0.2) is 47.6 Å². The molecule has 2 aromatic carbocycles. The number of aryl methyl sites for hydroxylation is 1. The Balaban J connectivity index is 2.11. The number of nitrogens with zero attached hydrogens (tertiary/aromatic N) is 3. The Morgan fingerprint density at radius 1 is 1.19 bits per heavy atom. The van der Waals surface area contributed by atoms with Gasteiger partial charge in [-0.1, -0.05) is 22.9 Å². The number of carboxylic acids is 1. The van der Waals surface area contributed by atoms with Gasteiger partial charge in [-0.2, -0.15) is 9.78 Å². The largest absolute Gasteiger partial charge is 0.490 e. The van der Waals surface area contributed by atoms with Crippen molar-refractivity contribution in [1.29, 1.82) is 0 Å². The number of fused-ring (bicyclic) bond motifs is 1. The molecule has 168 valence electrons. The number of benzene rings is 2. The summed E-state index contributed by atoms with van der Waals surface area (Å²) in [6, 6.07) is 6.98. The molecule has 8 nitrogen and oxygen atoms in total. The Morgan fingerprint density at radius 2 is 1.94 bits per heavy atom. The predicted octanol–water partition coefficient (Wildman–Crippen LogP) is 4.99. The van der Waals surface area contributed by atoms with Gasteiger partial charge in [0, 0.05) is 20.9 Å². The Kier molecular flexibility index (Phi) is 8.07. The van der Waals surface area contributed by atoms with Gasteiger partial charge in [0.2, 0.25) is 0 Å².